The number of hydrazine groups is 1. The van der Waals surface area contributed by atoms with E-state index in [9.17, 15) is 19.2 Å². The standard InChI is InChI=1S/C23H21N5O4/c29-19(11-15-12-24-18-8-4-2-6-16(15)18)26-27-20(30)13-28-21(31)23(25-22(28)32)10-9-14-5-1-3-7-17(14)23/h1-8,12,24H,9-11,13H2,(H,25,32)(H,26,29)(H,27,30). The van der Waals surface area contributed by atoms with E-state index in [0.717, 1.165) is 32.5 Å². The molecule has 5 amide bonds. The highest BCUT2D eigenvalue weighted by Gasteiger charge is 2.55. The summed E-state index contributed by atoms with van der Waals surface area (Å²) in [5.74, 6) is -1.53. The molecule has 1 spiro atoms. The van der Waals surface area contributed by atoms with Crippen LogP contribution in [0.3, 0.4) is 0 Å². The summed E-state index contributed by atoms with van der Waals surface area (Å²) in [7, 11) is 0. The van der Waals surface area contributed by atoms with Crippen LogP contribution in [-0.4, -0.2) is 40.2 Å². The van der Waals surface area contributed by atoms with E-state index < -0.39 is 35.8 Å². The molecule has 32 heavy (non-hydrogen) atoms. The normalized spacial score (nSPS) is 19.3. The maximum atomic E-state index is 13.1. The number of hydrogen-bond donors (Lipinski definition) is 4. The van der Waals surface area contributed by atoms with Crippen molar-refractivity contribution in [1.29, 1.82) is 0 Å². The topological polar surface area (TPSA) is 123 Å². The van der Waals surface area contributed by atoms with Crippen LogP contribution in [0.2, 0.25) is 0 Å². The van der Waals surface area contributed by atoms with Gasteiger partial charge in [0.05, 0.1) is 6.42 Å². The van der Waals surface area contributed by atoms with E-state index in [-0.39, 0.29) is 6.42 Å². The Hall–Kier alpha value is -4.14. The van der Waals surface area contributed by atoms with E-state index in [1.54, 1.807) is 6.20 Å². The zero-order valence-corrected chi connectivity index (χ0v) is 17.1. The van der Waals surface area contributed by atoms with Crippen molar-refractivity contribution in [2.24, 2.45) is 0 Å². The van der Waals surface area contributed by atoms with Gasteiger partial charge in [-0.3, -0.25) is 30.1 Å². The molecule has 1 aliphatic carbocycles. The summed E-state index contributed by atoms with van der Waals surface area (Å²) in [5, 5.41) is 3.70. The highest BCUT2D eigenvalue weighted by atomic mass is 16.2. The quantitative estimate of drug-likeness (QED) is 0.367. The molecule has 2 aromatic carbocycles. The number of amides is 5. The van der Waals surface area contributed by atoms with Gasteiger partial charge in [0.2, 0.25) is 5.91 Å². The van der Waals surface area contributed by atoms with Crippen LogP contribution in [0.1, 0.15) is 23.1 Å². The van der Waals surface area contributed by atoms with Crippen LogP contribution in [0, 0.1) is 0 Å². The van der Waals surface area contributed by atoms with Gasteiger partial charge in [0.1, 0.15) is 12.1 Å². The van der Waals surface area contributed by atoms with E-state index in [0.29, 0.717) is 12.8 Å². The Labute approximate surface area is 183 Å². The molecule has 1 unspecified atom stereocenters. The third-order valence-corrected chi connectivity index (χ3v) is 6.09. The molecule has 162 valence electrons. The first-order valence-corrected chi connectivity index (χ1v) is 10.3. The Balaban J connectivity index is 1.20. The monoisotopic (exact) mass is 431 g/mol. The van der Waals surface area contributed by atoms with Crippen molar-refractivity contribution in [3.8, 4) is 0 Å². The molecule has 1 aromatic heterocycles. The van der Waals surface area contributed by atoms with Crippen LogP contribution in [0.5, 0.6) is 0 Å². The van der Waals surface area contributed by atoms with Gasteiger partial charge in [-0.1, -0.05) is 42.5 Å². The summed E-state index contributed by atoms with van der Waals surface area (Å²) in [6, 6.07) is 14.4. The SMILES string of the molecule is O=C(Cc1c[nH]c2ccccc12)NNC(=O)CN1C(=O)NC2(CCc3ccccc32)C1=O. The second kappa shape index (κ2) is 7.52. The summed E-state index contributed by atoms with van der Waals surface area (Å²) in [5.41, 5.74) is 7.01. The highest BCUT2D eigenvalue weighted by molar-refractivity contribution is 6.10. The Kier molecular flexibility index (Phi) is 4.66. The van der Waals surface area contributed by atoms with Crippen LogP contribution in [0.15, 0.2) is 54.7 Å². The number of nitrogens with zero attached hydrogens (tertiary/aromatic N) is 1. The number of H-pyrrole nitrogens is 1. The minimum atomic E-state index is -1.12. The molecule has 0 saturated carbocycles. The predicted octanol–water partition coefficient (Wildman–Crippen LogP) is 1.25. The van der Waals surface area contributed by atoms with Gasteiger partial charge in [0.15, 0.2) is 0 Å². The maximum Gasteiger partial charge on any atom is 0.325 e. The fourth-order valence-electron chi connectivity index (χ4n) is 4.55. The lowest BCUT2D eigenvalue weighted by Gasteiger charge is -2.22. The van der Waals surface area contributed by atoms with Crippen LogP contribution in [0.4, 0.5) is 4.79 Å². The van der Waals surface area contributed by atoms with Gasteiger partial charge < -0.3 is 10.3 Å². The number of aromatic amines is 1. The molecule has 2 aliphatic rings. The molecule has 9 heteroatoms. The lowest BCUT2D eigenvalue weighted by molar-refractivity contribution is -0.136. The van der Waals surface area contributed by atoms with Crippen molar-refractivity contribution in [2.45, 2.75) is 24.8 Å². The fourth-order valence-corrected chi connectivity index (χ4v) is 4.55. The van der Waals surface area contributed by atoms with Gasteiger partial charge in [0, 0.05) is 17.1 Å². The van der Waals surface area contributed by atoms with Gasteiger partial charge >= 0.3 is 6.03 Å². The number of nitrogens with one attached hydrogen (secondary N) is 4. The smallest absolute Gasteiger partial charge is 0.325 e. The number of fused-ring (bicyclic) bond motifs is 3. The molecule has 9 nitrogen and oxygen atoms in total. The van der Waals surface area contributed by atoms with Gasteiger partial charge in [-0.05, 0) is 35.6 Å². The second-order valence-corrected chi connectivity index (χ2v) is 8.02. The van der Waals surface area contributed by atoms with Crippen molar-refractivity contribution >= 4 is 34.7 Å². The van der Waals surface area contributed by atoms with Gasteiger partial charge in [0.25, 0.3) is 11.8 Å². The van der Waals surface area contributed by atoms with E-state index in [1.165, 1.54) is 0 Å². The summed E-state index contributed by atoms with van der Waals surface area (Å²) in [4.78, 5) is 54.2. The van der Waals surface area contributed by atoms with Crippen molar-refractivity contribution in [2.75, 3.05) is 6.54 Å². The van der Waals surface area contributed by atoms with Crippen molar-refractivity contribution in [3.63, 3.8) is 0 Å². The predicted molar refractivity (Wildman–Crippen MR) is 115 cm³/mol. The zero-order valence-electron chi connectivity index (χ0n) is 17.1. The molecule has 1 saturated heterocycles. The molecule has 0 bridgehead atoms. The molecule has 1 atom stereocenters. The highest BCUT2D eigenvalue weighted by Crippen LogP contribution is 2.41. The van der Waals surface area contributed by atoms with Crippen molar-refractivity contribution in [3.05, 3.63) is 71.4 Å². The van der Waals surface area contributed by atoms with Crippen LogP contribution >= 0.6 is 0 Å². The van der Waals surface area contributed by atoms with Gasteiger partial charge in [-0.25, -0.2) is 4.79 Å². The van der Waals surface area contributed by atoms with E-state index in [1.807, 2.05) is 48.5 Å². The molecular formula is C23H21N5O4. The first kappa shape index (κ1) is 19.8. The average molecular weight is 431 g/mol. The van der Waals surface area contributed by atoms with Crippen molar-refractivity contribution in [1.82, 2.24) is 26.1 Å². The number of para-hydroxylation sites is 1. The second-order valence-electron chi connectivity index (χ2n) is 8.02. The average Bonchev–Trinajstić information content (AvgIpc) is 3.44. The maximum absolute atomic E-state index is 13.1. The van der Waals surface area contributed by atoms with Crippen LogP contribution in [0.25, 0.3) is 10.9 Å². The van der Waals surface area contributed by atoms with Gasteiger partial charge in [-0.15, -0.1) is 0 Å². The van der Waals surface area contributed by atoms with E-state index in [4.69, 9.17) is 0 Å². The number of carbonyl (C=O) groups is 4. The van der Waals surface area contributed by atoms with Crippen molar-refractivity contribution < 1.29 is 19.2 Å². The number of benzene rings is 2. The van der Waals surface area contributed by atoms with E-state index >= 15 is 0 Å². The third-order valence-electron chi connectivity index (χ3n) is 6.09. The fraction of sp³-hybridized carbons (Fsp3) is 0.217. The zero-order chi connectivity index (χ0) is 22.3. The first-order valence-electron chi connectivity index (χ1n) is 10.3. The molecule has 2 heterocycles. The first-order chi connectivity index (χ1) is 15.5. The Morgan fingerprint density at radius 3 is 2.62 bits per heavy atom. The van der Waals surface area contributed by atoms with Crippen LogP contribution in [-0.2, 0) is 32.8 Å². The number of rotatable bonds is 4. The number of imide groups is 1. The Morgan fingerprint density at radius 1 is 1.00 bits per heavy atom. The third kappa shape index (κ3) is 3.18. The minimum Gasteiger partial charge on any atom is -0.361 e. The molecule has 3 aromatic rings. The minimum absolute atomic E-state index is 0.0628. The number of aryl methyl sites for hydroxylation is 1. The molecular weight excluding hydrogens is 410 g/mol. The lowest BCUT2D eigenvalue weighted by Crippen LogP contribution is -2.48. The number of aromatic nitrogens is 1. The number of urea groups is 1. The largest absolute Gasteiger partial charge is 0.361 e. The van der Waals surface area contributed by atoms with Crippen LogP contribution < -0.4 is 16.2 Å². The molecule has 0 radical (unpaired) electrons. The summed E-state index contributed by atoms with van der Waals surface area (Å²) >= 11 is 0. The summed E-state index contributed by atoms with van der Waals surface area (Å²) < 4.78 is 0. The number of carbonyl (C=O) groups excluding carboxylic acids is 4. The number of hydrogen-bond acceptors (Lipinski definition) is 4. The Morgan fingerprint density at radius 2 is 1.75 bits per heavy atom. The summed E-state index contributed by atoms with van der Waals surface area (Å²) in [6.07, 6.45) is 2.94. The Bertz CT molecular complexity index is 1270. The van der Waals surface area contributed by atoms with Gasteiger partial charge in [-0.2, -0.15) is 0 Å². The molecule has 1 fully saturated rings. The molecule has 5 rings (SSSR count). The van der Waals surface area contributed by atoms with E-state index in [2.05, 4.69) is 21.2 Å². The molecule has 4 N–H and O–H groups in total. The lowest BCUT2D eigenvalue weighted by atomic mass is 9.92. The molecule has 1 aliphatic heterocycles. The summed E-state index contributed by atoms with van der Waals surface area (Å²) in [6.45, 7) is -0.484.